The van der Waals surface area contributed by atoms with Crippen molar-refractivity contribution in [1.82, 2.24) is 20.2 Å². The van der Waals surface area contributed by atoms with Crippen molar-refractivity contribution in [2.24, 2.45) is 0 Å². The van der Waals surface area contributed by atoms with Gasteiger partial charge in [-0.25, -0.2) is 9.59 Å². The van der Waals surface area contributed by atoms with Crippen LogP contribution in [0.1, 0.15) is 11.6 Å². The van der Waals surface area contributed by atoms with Gasteiger partial charge in [-0.05, 0) is 17.7 Å². The molecule has 1 fully saturated rings. The van der Waals surface area contributed by atoms with Crippen molar-refractivity contribution in [2.75, 3.05) is 13.1 Å². The van der Waals surface area contributed by atoms with E-state index in [-0.39, 0.29) is 24.3 Å². The van der Waals surface area contributed by atoms with Gasteiger partial charge in [0.2, 0.25) is 0 Å². The number of fused-ring (bicyclic) bond motifs is 1. The van der Waals surface area contributed by atoms with Gasteiger partial charge in [-0.2, -0.15) is 5.26 Å². The second kappa shape index (κ2) is 4.17. The molecule has 0 bridgehead atoms. The number of nitrogens with zero attached hydrogens (tertiary/aromatic N) is 2. The summed E-state index contributed by atoms with van der Waals surface area (Å²) in [5.74, 6) is 0. The molecule has 19 heavy (non-hydrogen) atoms. The Labute approximate surface area is 107 Å². The molecule has 0 aliphatic carbocycles. The van der Waals surface area contributed by atoms with Crippen molar-refractivity contribution in [3.05, 3.63) is 34.2 Å². The van der Waals surface area contributed by atoms with Gasteiger partial charge in [0, 0.05) is 6.54 Å². The molecular weight excluding hydrogens is 246 g/mol. The topological polar surface area (TPSA) is 105 Å². The summed E-state index contributed by atoms with van der Waals surface area (Å²) in [4.78, 5) is 29.6. The first-order chi connectivity index (χ1) is 9.17. The Morgan fingerprint density at radius 1 is 1.32 bits per heavy atom. The van der Waals surface area contributed by atoms with Gasteiger partial charge in [0.05, 0.1) is 23.1 Å². The first-order valence-electron chi connectivity index (χ1n) is 5.82. The highest BCUT2D eigenvalue weighted by molar-refractivity contribution is 5.79. The van der Waals surface area contributed by atoms with E-state index in [1.54, 1.807) is 6.07 Å². The van der Waals surface area contributed by atoms with E-state index in [9.17, 15) is 9.59 Å². The van der Waals surface area contributed by atoms with E-state index in [0.717, 1.165) is 11.1 Å². The predicted molar refractivity (Wildman–Crippen MR) is 67.4 cm³/mol. The van der Waals surface area contributed by atoms with Crippen LogP contribution in [-0.4, -0.2) is 34.0 Å². The molecule has 1 aromatic carbocycles. The van der Waals surface area contributed by atoms with Gasteiger partial charge in [-0.3, -0.25) is 0 Å². The van der Waals surface area contributed by atoms with Crippen molar-refractivity contribution in [1.29, 1.82) is 5.26 Å². The monoisotopic (exact) mass is 257 g/mol. The van der Waals surface area contributed by atoms with Gasteiger partial charge in [0.15, 0.2) is 0 Å². The van der Waals surface area contributed by atoms with Gasteiger partial charge in [-0.15, -0.1) is 0 Å². The fourth-order valence-electron chi connectivity index (χ4n) is 2.27. The summed E-state index contributed by atoms with van der Waals surface area (Å²) in [5, 5.41) is 11.4. The van der Waals surface area contributed by atoms with Crippen LogP contribution >= 0.6 is 0 Å². The number of imidazole rings is 1. The maximum Gasteiger partial charge on any atom is 0.323 e. The van der Waals surface area contributed by atoms with Gasteiger partial charge in [0.25, 0.3) is 0 Å². The zero-order valence-electron chi connectivity index (χ0n) is 9.93. The van der Waals surface area contributed by atoms with Crippen LogP contribution in [0.25, 0.3) is 11.0 Å². The Morgan fingerprint density at radius 2 is 2.11 bits per heavy atom. The van der Waals surface area contributed by atoms with Crippen molar-refractivity contribution < 1.29 is 4.79 Å². The highest BCUT2D eigenvalue weighted by Gasteiger charge is 2.29. The maximum atomic E-state index is 11.6. The molecule has 0 saturated carbocycles. The lowest BCUT2D eigenvalue weighted by Crippen LogP contribution is -2.28. The summed E-state index contributed by atoms with van der Waals surface area (Å²) in [5.41, 5.74) is 2.08. The number of hydrogen-bond donors (Lipinski definition) is 3. The van der Waals surface area contributed by atoms with Crippen molar-refractivity contribution in [3.8, 4) is 6.07 Å². The number of amides is 2. The van der Waals surface area contributed by atoms with Gasteiger partial charge >= 0.3 is 11.7 Å². The first kappa shape index (κ1) is 11.3. The zero-order valence-corrected chi connectivity index (χ0v) is 9.93. The lowest BCUT2D eigenvalue weighted by atomic mass is 10.1. The number of urea groups is 1. The smallest absolute Gasteiger partial charge is 0.323 e. The highest BCUT2D eigenvalue weighted by Crippen LogP contribution is 2.22. The zero-order chi connectivity index (χ0) is 13.4. The molecule has 3 N–H and O–H groups in total. The number of carbonyl (C=O) groups is 1. The van der Waals surface area contributed by atoms with Crippen LogP contribution in [0.2, 0.25) is 0 Å². The number of aromatic nitrogens is 2. The number of H-pyrrole nitrogens is 2. The van der Waals surface area contributed by atoms with E-state index in [0.29, 0.717) is 12.1 Å². The second-order valence-corrected chi connectivity index (χ2v) is 4.42. The molecule has 1 aliphatic rings. The predicted octanol–water partition coefficient (Wildman–Crippen LogP) is 0.446. The number of rotatable bonds is 2. The molecule has 7 nitrogen and oxygen atoms in total. The maximum absolute atomic E-state index is 11.6. The Balaban J connectivity index is 1.91. The minimum absolute atomic E-state index is 0.0750. The molecule has 96 valence electrons. The number of nitrogens with one attached hydrogen (secondary N) is 3. The number of carbonyl (C=O) groups excluding carboxylic acids is 1. The third-order valence-electron chi connectivity index (χ3n) is 3.19. The Hall–Kier alpha value is -2.75. The van der Waals surface area contributed by atoms with Crippen molar-refractivity contribution in [2.45, 2.75) is 6.04 Å². The molecule has 3 rings (SSSR count). The SMILES string of the molecule is N#CCN1CC(c2ccc3[nH]c(=O)[nH]c3c2)NC1=O. The number of benzene rings is 1. The summed E-state index contributed by atoms with van der Waals surface area (Å²) in [7, 11) is 0. The van der Waals surface area contributed by atoms with Gasteiger partial charge in [0.1, 0.15) is 6.54 Å². The Bertz CT molecular complexity index is 738. The largest absolute Gasteiger partial charge is 0.329 e. The van der Waals surface area contributed by atoms with Crippen LogP contribution in [-0.2, 0) is 0 Å². The molecule has 1 saturated heterocycles. The molecule has 2 amide bonds. The Kier molecular flexibility index (Phi) is 2.49. The number of aromatic amines is 2. The second-order valence-electron chi connectivity index (χ2n) is 4.42. The summed E-state index contributed by atoms with van der Waals surface area (Å²) in [6, 6.07) is 7.03. The number of hydrogen-bond acceptors (Lipinski definition) is 3. The highest BCUT2D eigenvalue weighted by atomic mass is 16.2. The lowest BCUT2D eigenvalue weighted by molar-refractivity contribution is 0.222. The van der Waals surface area contributed by atoms with Crippen molar-refractivity contribution in [3.63, 3.8) is 0 Å². The van der Waals surface area contributed by atoms with E-state index in [4.69, 9.17) is 5.26 Å². The van der Waals surface area contributed by atoms with E-state index in [2.05, 4.69) is 15.3 Å². The van der Waals surface area contributed by atoms with Crippen LogP contribution in [0, 0.1) is 11.3 Å². The standard InChI is InChI=1S/C12H11N5O2/c13-3-4-17-6-10(16-12(17)19)7-1-2-8-9(5-7)15-11(18)14-8/h1-2,5,10H,4,6H2,(H,16,19)(H2,14,15,18). The molecule has 1 aromatic heterocycles. The average Bonchev–Trinajstić information content (AvgIpc) is 2.91. The fourth-order valence-corrected chi connectivity index (χ4v) is 2.27. The normalized spacial score (nSPS) is 18.6. The van der Waals surface area contributed by atoms with Crippen LogP contribution in [0.4, 0.5) is 4.79 Å². The molecule has 2 aromatic rings. The minimum atomic E-state index is -0.256. The summed E-state index contributed by atoms with van der Waals surface area (Å²) in [6.45, 7) is 0.526. The van der Waals surface area contributed by atoms with Crippen LogP contribution in [0.15, 0.2) is 23.0 Å². The third-order valence-corrected chi connectivity index (χ3v) is 3.19. The van der Waals surface area contributed by atoms with E-state index >= 15 is 0 Å². The molecule has 0 spiro atoms. The lowest BCUT2D eigenvalue weighted by Gasteiger charge is -2.10. The quantitative estimate of drug-likeness (QED) is 0.680. The average molecular weight is 257 g/mol. The van der Waals surface area contributed by atoms with E-state index in [1.807, 2.05) is 18.2 Å². The molecule has 0 radical (unpaired) electrons. The third kappa shape index (κ3) is 1.93. The summed E-state index contributed by atoms with van der Waals surface area (Å²) < 4.78 is 0. The molecule has 1 unspecified atom stereocenters. The van der Waals surface area contributed by atoms with Gasteiger partial charge < -0.3 is 20.2 Å². The fraction of sp³-hybridized carbons (Fsp3) is 0.250. The van der Waals surface area contributed by atoms with Crippen LogP contribution in [0.3, 0.4) is 0 Å². The summed E-state index contributed by atoms with van der Waals surface area (Å²) in [6.07, 6.45) is 0. The summed E-state index contributed by atoms with van der Waals surface area (Å²) >= 11 is 0. The van der Waals surface area contributed by atoms with E-state index < -0.39 is 0 Å². The molecule has 7 heteroatoms. The molecular formula is C12H11N5O2. The van der Waals surface area contributed by atoms with Gasteiger partial charge in [-0.1, -0.05) is 6.07 Å². The van der Waals surface area contributed by atoms with E-state index in [1.165, 1.54) is 4.90 Å². The van der Waals surface area contributed by atoms with Crippen LogP contribution < -0.4 is 11.0 Å². The molecule has 2 heterocycles. The molecule has 1 aliphatic heterocycles. The van der Waals surface area contributed by atoms with Crippen molar-refractivity contribution >= 4 is 17.1 Å². The number of nitriles is 1. The molecule has 1 atom stereocenters. The Morgan fingerprint density at radius 3 is 2.89 bits per heavy atom. The van der Waals surface area contributed by atoms with Crippen LogP contribution in [0.5, 0.6) is 0 Å². The first-order valence-corrected chi connectivity index (χ1v) is 5.82. The minimum Gasteiger partial charge on any atom is -0.329 e.